The number of hydrogen-bond donors (Lipinski definition) is 3. The van der Waals surface area contributed by atoms with Gasteiger partial charge in [-0.05, 0) is 44.0 Å². The molecule has 2 rings (SSSR count). The summed E-state index contributed by atoms with van der Waals surface area (Å²) in [6.07, 6.45) is 3.48. The van der Waals surface area contributed by atoms with Crippen LogP contribution in [0, 0.1) is 0 Å². The van der Waals surface area contributed by atoms with Crippen molar-refractivity contribution in [1.82, 2.24) is 5.32 Å². The molecule has 1 aromatic rings. The smallest absolute Gasteiger partial charge is 0.337 e. The van der Waals surface area contributed by atoms with Crippen molar-refractivity contribution in [3.63, 3.8) is 0 Å². The topological polar surface area (TPSA) is 78.4 Å². The molecular formula is C15H19ClN2O3. The van der Waals surface area contributed by atoms with Crippen LogP contribution in [0.4, 0.5) is 5.69 Å². The lowest BCUT2D eigenvalue weighted by Gasteiger charge is -2.27. The summed E-state index contributed by atoms with van der Waals surface area (Å²) in [5, 5.41) is 15.2. The highest BCUT2D eigenvalue weighted by Gasteiger charge is 2.39. The van der Waals surface area contributed by atoms with Gasteiger partial charge in [-0.15, -0.1) is 0 Å². The van der Waals surface area contributed by atoms with Crippen molar-refractivity contribution < 1.29 is 14.7 Å². The average molecular weight is 311 g/mol. The van der Waals surface area contributed by atoms with Gasteiger partial charge < -0.3 is 15.7 Å². The van der Waals surface area contributed by atoms with Gasteiger partial charge >= 0.3 is 5.97 Å². The summed E-state index contributed by atoms with van der Waals surface area (Å²) in [4.78, 5) is 23.4. The van der Waals surface area contributed by atoms with E-state index in [1.54, 1.807) is 6.07 Å². The highest BCUT2D eigenvalue weighted by Crippen LogP contribution is 2.27. The van der Waals surface area contributed by atoms with E-state index in [0.29, 0.717) is 5.69 Å². The fourth-order valence-electron chi connectivity index (χ4n) is 2.77. The number of benzene rings is 1. The number of aromatic carboxylic acids is 1. The molecule has 21 heavy (non-hydrogen) atoms. The number of carbonyl (C=O) groups is 2. The number of hydrogen-bond acceptors (Lipinski definition) is 3. The summed E-state index contributed by atoms with van der Waals surface area (Å²) < 4.78 is 0. The second-order valence-electron chi connectivity index (χ2n) is 5.32. The van der Waals surface area contributed by atoms with Gasteiger partial charge in [0.05, 0.1) is 16.1 Å². The van der Waals surface area contributed by atoms with E-state index in [1.165, 1.54) is 12.1 Å². The Balaban J connectivity index is 2.15. The molecule has 3 N–H and O–H groups in total. The molecule has 0 spiro atoms. The number of amides is 1. The van der Waals surface area contributed by atoms with Crippen LogP contribution in [-0.4, -0.2) is 29.1 Å². The Bertz CT molecular complexity index is 554. The lowest BCUT2D eigenvalue weighted by atomic mass is 9.90. The van der Waals surface area contributed by atoms with Gasteiger partial charge in [-0.1, -0.05) is 24.9 Å². The Morgan fingerprint density at radius 3 is 2.76 bits per heavy atom. The molecule has 1 amide bonds. The molecule has 0 radical (unpaired) electrons. The minimum absolute atomic E-state index is 0.0249. The average Bonchev–Trinajstić information content (AvgIpc) is 2.88. The van der Waals surface area contributed by atoms with E-state index in [4.69, 9.17) is 16.7 Å². The van der Waals surface area contributed by atoms with Crippen molar-refractivity contribution in [2.45, 2.75) is 38.1 Å². The first kappa shape index (κ1) is 15.8. The predicted octanol–water partition coefficient (Wildman–Crippen LogP) is 2.90. The maximum absolute atomic E-state index is 12.5. The van der Waals surface area contributed by atoms with Crippen LogP contribution in [0.25, 0.3) is 0 Å². The standard InChI is InChI=1S/C15H19ClN2O3/c1-2-6-15(7-3-8-17-15)14(21)18-10-4-5-11(13(19)20)12(16)9-10/h4-5,9,17H,2-3,6-8H2,1H3,(H,18,21)(H,19,20). The first-order chi connectivity index (χ1) is 9.98. The minimum Gasteiger partial charge on any atom is -0.478 e. The van der Waals surface area contributed by atoms with Crippen LogP contribution in [0.15, 0.2) is 18.2 Å². The van der Waals surface area contributed by atoms with E-state index >= 15 is 0 Å². The maximum atomic E-state index is 12.5. The summed E-state index contributed by atoms with van der Waals surface area (Å²) in [6, 6.07) is 4.42. The molecule has 0 bridgehead atoms. The molecule has 1 aromatic carbocycles. The second kappa shape index (κ2) is 6.45. The molecule has 0 saturated carbocycles. The van der Waals surface area contributed by atoms with Gasteiger partial charge in [-0.3, -0.25) is 4.79 Å². The lowest BCUT2D eigenvalue weighted by molar-refractivity contribution is -0.122. The van der Waals surface area contributed by atoms with Gasteiger partial charge in [0, 0.05) is 5.69 Å². The quantitative estimate of drug-likeness (QED) is 0.781. The van der Waals surface area contributed by atoms with Crippen molar-refractivity contribution in [3.05, 3.63) is 28.8 Å². The minimum atomic E-state index is -1.09. The SMILES string of the molecule is CCCC1(C(=O)Nc2ccc(C(=O)O)c(Cl)c2)CCCN1. The van der Waals surface area contributed by atoms with Crippen molar-refractivity contribution in [2.75, 3.05) is 11.9 Å². The Hall–Kier alpha value is -1.59. The molecule has 1 heterocycles. The number of carbonyl (C=O) groups excluding carboxylic acids is 1. The van der Waals surface area contributed by atoms with Crippen molar-refractivity contribution >= 4 is 29.2 Å². The van der Waals surface area contributed by atoms with E-state index in [0.717, 1.165) is 32.2 Å². The van der Waals surface area contributed by atoms with Gasteiger partial charge in [0.2, 0.25) is 5.91 Å². The van der Waals surface area contributed by atoms with E-state index < -0.39 is 11.5 Å². The molecule has 1 saturated heterocycles. The zero-order chi connectivity index (χ0) is 15.5. The van der Waals surface area contributed by atoms with Gasteiger partial charge in [0.1, 0.15) is 0 Å². The van der Waals surface area contributed by atoms with Gasteiger partial charge in [0.15, 0.2) is 0 Å². The van der Waals surface area contributed by atoms with Gasteiger partial charge in [-0.25, -0.2) is 4.79 Å². The van der Waals surface area contributed by atoms with Crippen LogP contribution in [-0.2, 0) is 4.79 Å². The van der Waals surface area contributed by atoms with Crippen LogP contribution in [0.3, 0.4) is 0 Å². The Labute approximate surface area is 128 Å². The summed E-state index contributed by atoms with van der Waals surface area (Å²) >= 11 is 5.92. The number of anilines is 1. The first-order valence-electron chi connectivity index (χ1n) is 7.08. The molecule has 1 aliphatic rings. The maximum Gasteiger partial charge on any atom is 0.337 e. The largest absolute Gasteiger partial charge is 0.478 e. The highest BCUT2D eigenvalue weighted by molar-refractivity contribution is 6.33. The molecule has 0 aliphatic carbocycles. The van der Waals surface area contributed by atoms with Gasteiger partial charge in [-0.2, -0.15) is 0 Å². The second-order valence-corrected chi connectivity index (χ2v) is 5.72. The van der Waals surface area contributed by atoms with E-state index in [2.05, 4.69) is 10.6 Å². The first-order valence-corrected chi connectivity index (χ1v) is 7.45. The van der Waals surface area contributed by atoms with Crippen molar-refractivity contribution in [1.29, 1.82) is 0 Å². The lowest BCUT2D eigenvalue weighted by Crippen LogP contribution is -2.50. The number of carboxylic acids is 1. The van der Waals surface area contributed by atoms with Crippen LogP contribution in [0.2, 0.25) is 5.02 Å². The molecule has 1 unspecified atom stereocenters. The van der Waals surface area contributed by atoms with Gasteiger partial charge in [0.25, 0.3) is 0 Å². The number of carboxylic acid groups (broad SMARTS) is 1. The van der Waals surface area contributed by atoms with Crippen molar-refractivity contribution in [3.8, 4) is 0 Å². The third-order valence-corrected chi connectivity index (χ3v) is 4.13. The normalized spacial score (nSPS) is 21.2. The summed E-state index contributed by atoms with van der Waals surface area (Å²) in [5.74, 6) is -1.17. The number of halogens is 1. The van der Waals surface area contributed by atoms with Crippen LogP contribution < -0.4 is 10.6 Å². The molecule has 6 heteroatoms. The third-order valence-electron chi connectivity index (χ3n) is 3.81. The molecule has 1 fully saturated rings. The number of rotatable bonds is 5. The fraction of sp³-hybridized carbons (Fsp3) is 0.467. The molecule has 1 atom stereocenters. The monoisotopic (exact) mass is 310 g/mol. The fourth-order valence-corrected chi connectivity index (χ4v) is 3.03. The third kappa shape index (κ3) is 3.36. The summed E-state index contributed by atoms with van der Waals surface area (Å²) in [5.41, 5.74) is 0.0169. The zero-order valence-electron chi connectivity index (χ0n) is 11.9. The molecule has 5 nitrogen and oxygen atoms in total. The Morgan fingerprint density at radius 2 is 2.24 bits per heavy atom. The molecular weight excluding hydrogens is 292 g/mol. The van der Waals surface area contributed by atoms with E-state index in [1.807, 2.05) is 6.92 Å². The van der Waals surface area contributed by atoms with E-state index in [-0.39, 0.29) is 16.5 Å². The van der Waals surface area contributed by atoms with Crippen LogP contribution in [0.5, 0.6) is 0 Å². The van der Waals surface area contributed by atoms with Crippen LogP contribution in [0.1, 0.15) is 43.0 Å². The molecule has 1 aliphatic heterocycles. The Kier molecular flexibility index (Phi) is 4.85. The Morgan fingerprint density at radius 1 is 1.48 bits per heavy atom. The number of nitrogens with one attached hydrogen (secondary N) is 2. The van der Waals surface area contributed by atoms with E-state index in [9.17, 15) is 9.59 Å². The van der Waals surface area contributed by atoms with Crippen molar-refractivity contribution in [2.24, 2.45) is 0 Å². The van der Waals surface area contributed by atoms with Crippen LogP contribution >= 0.6 is 11.6 Å². The summed E-state index contributed by atoms with van der Waals surface area (Å²) in [6.45, 7) is 2.89. The summed E-state index contributed by atoms with van der Waals surface area (Å²) in [7, 11) is 0. The highest BCUT2D eigenvalue weighted by atomic mass is 35.5. The predicted molar refractivity (Wildman–Crippen MR) is 81.9 cm³/mol. The zero-order valence-corrected chi connectivity index (χ0v) is 12.7. The molecule has 114 valence electrons. The molecule has 0 aromatic heterocycles.